The fraction of sp³-hybridized carbons (Fsp3) is 0.583. The molecular formula is C12H18N2OS. The third kappa shape index (κ3) is 2.44. The lowest BCUT2D eigenvalue weighted by atomic mass is 9.91. The van der Waals surface area contributed by atoms with Crippen molar-refractivity contribution >= 4 is 17.2 Å². The Morgan fingerprint density at radius 1 is 1.56 bits per heavy atom. The molecule has 0 aliphatic carbocycles. The van der Waals surface area contributed by atoms with E-state index in [0.717, 1.165) is 31.5 Å². The molecule has 2 N–H and O–H groups in total. The molecule has 2 heterocycles. The largest absolute Gasteiger partial charge is 0.339 e. The van der Waals surface area contributed by atoms with E-state index in [9.17, 15) is 4.79 Å². The van der Waals surface area contributed by atoms with Crippen LogP contribution in [0.5, 0.6) is 0 Å². The topological polar surface area (TPSA) is 46.3 Å². The van der Waals surface area contributed by atoms with Crippen molar-refractivity contribution < 1.29 is 4.79 Å². The van der Waals surface area contributed by atoms with Gasteiger partial charge in [0, 0.05) is 24.5 Å². The minimum Gasteiger partial charge on any atom is -0.339 e. The quantitative estimate of drug-likeness (QED) is 0.856. The summed E-state index contributed by atoms with van der Waals surface area (Å²) in [5, 5.41) is 3.86. The highest BCUT2D eigenvalue weighted by Gasteiger charge is 2.25. The van der Waals surface area contributed by atoms with E-state index in [0.29, 0.717) is 5.92 Å². The second-order valence-corrected chi connectivity index (χ2v) is 5.28. The molecule has 2 rings (SSSR count). The maximum Gasteiger partial charge on any atom is 0.254 e. The number of amides is 1. The summed E-state index contributed by atoms with van der Waals surface area (Å²) in [4.78, 5) is 14.0. The Bertz CT molecular complexity index is 340. The first-order valence-corrected chi connectivity index (χ1v) is 6.70. The summed E-state index contributed by atoms with van der Waals surface area (Å²) in [5.74, 6) is 0.746. The van der Waals surface area contributed by atoms with Crippen LogP contribution < -0.4 is 5.73 Å². The van der Waals surface area contributed by atoms with Gasteiger partial charge in [0.05, 0.1) is 5.56 Å². The molecule has 1 aliphatic rings. The lowest BCUT2D eigenvalue weighted by Crippen LogP contribution is -2.42. The average Bonchev–Trinajstić information content (AvgIpc) is 2.81. The zero-order valence-corrected chi connectivity index (χ0v) is 10.4. The van der Waals surface area contributed by atoms with Crippen LogP contribution in [0.4, 0.5) is 0 Å². The standard InChI is InChI=1S/C12H18N2OS/c1-9(13)10-2-5-14(6-3-10)12(15)11-4-7-16-8-11/h4,7-10H,2-3,5-6,13H2,1H3. The van der Waals surface area contributed by atoms with E-state index in [1.54, 1.807) is 11.3 Å². The first kappa shape index (κ1) is 11.6. The summed E-state index contributed by atoms with van der Waals surface area (Å²) in [6.07, 6.45) is 2.07. The number of piperidine rings is 1. The lowest BCUT2D eigenvalue weighted by Gasteiger charge is -2.33. The molecule has 1 unspecified atom stereocenters. The van der Waals surface area contributed by atoms with E-state index in [2.05, 4.69) is 6.92 Å². The molecule has 88 valence electrons. The van der Waals surface area contributed by atoms with Gasteiger partial charge in [-0.2, -0.15) is 11.3 Å². The van der Waals surface area contributed by atoms with Gasteiger partial charge in [0.25, 0.3) is 5.91 Å². The zero-order chi connectivity index (χ0) is 11.5. The average molecular weight is 238 g/mol. The fourth-order valence-corrected chi connectivity index (χ4v) is 2.83. The Morgan fingerprint density at radius 3 is 2.75 bits per heavy atom. The number of likely N-dealkylation sites (tertiary alicyclic amines) is 1. The van der Waals surface area contributed by atoms with Gasteiger partial charge in [0.2, 0.25) is 0 Å². The Labute approximate surface area is 100 Å². The van der Waals surface area contributed by atoms with Gasteiger partial charge in [-0.25, -0.2) is 0 Å². The highest BCUT2D eigenvalue weighted by molar-refractivity contribution is 7.08. The van der Waals surface area contributed by atoms with Crippen molar-refractivity contribution in [3.8, 4) is 0 Å². The van der Waals surface area contributed by atoms with Gasteiger partial charge in [-0.15, -0.1) is 0 Å². The van der Waals surface area contributed by atoms with Crippen LogP contribution in [0.25, 0.3) is 0 Å². The summed E-state index contributed by atoms with van der Waals surface area (Å²) in [6.45, 7) is 3.75. The van der Waals surface area contributed by atoms with Crippen molar-refractivity contribution in [3.63, 3.8) is 0 Å². The first-order chi connectivity index (χ1) is 7.68. The number of hydrogen-bond acceptors (Lipinski definition) is 3. The molecule has 4 heteroatoms. The van der Waals surface area contributed by atoms with Gasteiger partial charge in [0.15, 0.2) is 0 Å². The summed E-state index contributed by atoms with van der Waals surface area (Å²) in [7, 11) is 0. The van der Waals surface area contributed by atoms with E-state index >= 15 is 0 Å². The van der Waals surface area contributed by atoms with Crippen LogP contribution in [0.15, 0.2) is 16.8 Å². The molecule has 0 bridgehead atoms. The fourth-order valence-electron chi connectivity index (χ4n) is 2.20. The monoisotopic (exact) mass is 238 g/mol. The highest BCUT2D eigenvalue weighted by atomic mass is 32.1. The number of carbonyl (C=O) groups is 1. The van der Waals surface area contributed by atoms with Crippen LogP contribution in [0, 0.1) is 5.92 Å². The number of hydrogen-bond donors (Lipinski definition) is 1. The van der Waals surface area contributed by atoms with Crippen LogP contribution in [0.1, 0.15) is 30.1 Å². The Hall–Kier alpha value is -0.870. The molecule has 0 saturated carbocycles. The zero-order valence-electron chi connectivity index (χ0n) is 9.56. The van der Waals surface area contributed by atoms with Crippen LogP contribution >= 0.6 is 11.3 Å². The second-order valence-electron chi connectivity index (χ2n) is 4.50. The van der Waals surface area contributed by atoms with Crippen molar-refractivity contribution in [2.75, 3.05) is 13.1 Å². The van der Waals surface area contributed by atoms with Gasteiger partial charge in [-0.05, 0) is 37.1 Å². The highest BCUT2D eigenvalue weighted by Crippen LogP contribution is 2.21. The summed E-state index contributed by atoms with van der Waals surface area (Å²) >= 11 is 1.57. The predicted octanol–water partition coefficient (Wildman–Crippen LogP) is 1.95. The maximum atomic E-state index is 12.0. The number of nitrogens with zero attached hydrogens (tertiary/aromatic N) is 1. The molecule has 1 aliphatic heterocycles. The SMILES string of the molecule is CC(N)C1CCN(C(=O)c2ccsc2)CC1. The van der Waals surface area contributed by atoms with Crippen molar-refractivity contribution in [2.45, 2.75) is 25.8 Å². The molecule has 0 spiro atoms. The van der Waals surface area contributed by atoms with Crippen molar-refractivity contribution in [2.24, 2.45) is 11.7 Å². The summed E-state index contributed by atoms with van der Waals surface area (Å²) in [6, 6.07) is 2.14. The normalized spacial score (nSPS) is 19.8. The second kappa shape index (κ2) is 4.97. The third-order valence-electron chi connectivity index (χ3n) is 3.34. The van der Waals surface area contributed by atoms with Crippen LogP contribution in [0.2, 0.25) is 0 Å². The van der Waals surface area contributed by atoms with Crippen LogP contribution in [-0.2, 0) is 0 Å². The number of nitrogens with two attached hydrogens (primary N) is 1. The summed E-state index contributed by atoms with van der Waals surface area (Å²) < 4.78 is 0. The minimum absolute atomic E-state index is 0.171. The molecule has 1 fully saturated rings. The van der Waals surface area contributed by atoms with Crippen LogP contribution in [0.3, 0.4) is 0 Å². The molecule has 3 nitrogen and oxygen atoms in total. The summed E-state index contributed by atoms with van der Waals surface area (Å²) in [5.41, 5.74) is 6.70. The van der Waals surface area contributed by atoms with Gasteiger partial charge < -0.3 is 10.6 Å². The van der Waals surface area contributed by atoms with Crippen molar-refractivity contribution in [1.82, 2.24) is 4.90 Å². The number of thiophene rings is 1. The molecule has 0 aromatic carbocycles. The molecule has 1 aromatic rings. The number of carbonyl (C=O) groups excluding carboxylic acids is 1. The molecule has 1 atom stereocenters. The molecule has 1 saturated heterocycles. The molecular weight excluding hydrogens is 220 g/mol. The maximum absolute atomic E-state index is 12.0. The van der Waals surface area contributed by atoms with Crippen molar-refractivity contribution in [1.29, 1.82) is 0 Å². The van der Waals surface area contributed by atoms with E-state index in [-0.39, 0.29) is 11.9 Å². The Kier molecular flexibility index (Phi) is 3.61. The molecule has 16 heavy (non-hydrogen) atoms. The van der Waals surface area contributed by atoms with Gasteiger partial charge >= 0.3 is 0 Å². The number of rotatable bonds is 2. The minimum atomic E-state index is 0.171. The van der Waals surface area contributed by atoms with Gasteiger partial charge in [-0.3, -0.25) is 4.79 Å². The van der Waals surface area contributed by atoms with E-state index in [1.807, 2.05) is 21.7 Å². The molecule has 1 aromatic heterocycles. The van der Waals surface area contributed by atoms with E-state index in [4.69, 9.17) is 5.73 Å². The van der Waals surface area contributed by atoms with Gasteiger partial charge in [-0.1, -0.05) is 0 Å². The van der Waals surface area contributed by atoms with E-state index in [1.165, 1.54) is 0 Å². The molecule has 0 radical (unpaired) electrons. The predicted molar refractivity (Wildman–Crippen MR) is 66.6 cm³/mol. The third-order valence-corrected chi connectivity index (χ3v) is 4.02. The van der Waals surface area contributed by atoms with Gasteiger partial charge in [0.1, 0.15) is 0 Å². The van der Waals surface area contributed by atoms with Crippen LogP contribution in [-0.4, -0.2) is 29.9 Å². The Balaban J connectivity index is 1.92. The smallest absolute Gasteiger partial charge is 0.254 e. The van der Waals surface area contributed by atoms with Crippen molar-refractivity contribution in [3.05, 3.63) is 22.4 Å². The molecule has 1 amide bonds. The lowest BCUT2D eigenvalue weighted by molar-refractivity contribution is 0.0681. The van der Waals surface area contributed by atoms with E-state index < -0.39 is 0 Å². The first-order valence-electron chi connectivity index (χ1n) is 5.75. The Morgan fingerprint density at radius 2 is 2.25 bits per heavy atom.